The number of aromatic nitrogens is 3. The molecule has 1 amide bonds. The van der Waals surface area contributed by atoms with Gasteiger partial charge in [-0.1, -0.05) is 11.2 Å². The van der Waals surface area contributed by atoms with Crippen molar-refractivity contribution in [1.29, 1.82) is 0 Å². The number of carbonyl (C=O) groups is 1. The monoisotopic (exact) mass is 379 g/mol. The van der Waals surface area contributed by atoms with Gasteiger partial charge in [0.05, 0.1) is 7.11 Å². The highest BCUT2D eigenvalue weighted by Crippen LogP contribution is 2.20. The summed E-state index contributed by atoms with van der Waals surface area (Å²) in [5.74, 6) is 2.47. The number of ether oxygens (including phenoxy) is 1. The van der Waals surface area contributed by atoms with Gasteiger partial charge in [-0.15, -0.1) is 0 Å². The molecule has 1 aliphatic rings. The first-order valence-electron chi connectivity index (χ1n) is 9.14. The molecule has 3 heterocycles. The Morgan fingerprint density at radius 2 is 1.89 bits per heavy atom. The summed E-state index contributed by atoms with van der Waals surface area (Å²) in [5, 5.41) is 3.98. The minimum Gasteiger partial charge on any atom is -0.497 e. The third-order valence-electron chi connectivity index (χ3n) is 4.72. The first-order valence-corrected chi connectivity index (χ1v) is 9.14. The Bertz CT molecular complexity index is 919. The molecule has 2 aromatic heterocycles. The van der Waals surface area contributed by atoms with Crippen LogP contribution in [0.1, 0.15) is 5.89 Å². The third-order valence-corrected chi connectivity index (χ3v) is 4.72. The van der Waals surface area contributed by atoms with Crippen molar-refractivity contribution in [1.82, 2.24) is 20.0 Å². The van der Waals surface area contributed by atoms with E-state index in [2.05, 4.69) is 20.0 Å². The standard InChI is InChI=1S/C20H21N5O3/c1-27-16-7-5-15(6-8-16)20-22-18(28-23-20)14-19(26)25-12-10-24(11-13-25)17-4-2-3-9-21-17/h2-9H,10-14H2,1H3. The number of pyridine rings is 1. The molecule has 0 atom stereocenters. The Hall–Kier alpha value is -3.42. The van der Waals surface area contributed by atoms with Crippen molar-refractivity contribution < 1.29 is 14.1 Å². The van der Waals surface area contributed by atoms with Crippen molar-refractivity contribution in [2.24, 2.45) is 0 Å². The van der Waals surface area contributed by atoms with E-state index < -0.39 is 0 Å². The second kappa shape index (κ2) is 8.08. The predicted molar refractivity (Wildman–Crippen MR) is 103 cm³/mol. The highest BCUT2D eigenvalue weighted by Gasteiger charge is 2.23. The van der Waals surface area contributed by atoms with Crippen LogP contribution in [0.3, 0.4) is 0 Å². The zero-order valence-electron chi connectivity index (χ0n) is 15.6. The molecule has 0 spiro atoms. The highest BCUT2D eigenvalue weighted by molar-refractivity contribution is 5.78. The van der Waals surface area contributed by atoms with Crippen molar-refractivity contribution in [3.05, 3.63) is 54.6 Å². The van der Waals surface area contributed by atoms with Crippen LogP contribution in [0.15, 0.2) is 53.2 Å². The number of benzene rings is 1. The molecule has 0 aliphatic carbocycles. The van der Waals surface area contributed by atoms with E-state index in [1.807, 2.05) is 47.4 Å². The molecule has 1 saturated heterocycles. The topological polar surface area (TPSA) is 84.6 Å². The van der Waals surface area contributed by atoms with Gasteiger partial charge >= 0.3 is 0 Å². The van der Waals surface area contributed by atoms with E-state index in [9.17, 15) is 4.79 Å². The van der Waals surface area contributed by atoms with E-state index in [1.165, 1.54) is 0 Å². The number of piperazine rings is 1. The molecule has 28 heavy (non-hydrogen) atoms. The lowest BCUT2D eigenvalue weighted by Crippen LogP contribution is -2.49. The van der Waals surface area contributed by atoms with E-state index in [0.717, 1.165) is 30.2 Å². The zero-order chi connectivity index (χ0) is 19.3. The van der Waals surface area contributed by atoms with Gasteiger partial charge in [-0.05, 0) is 36.4 Å². The van der Waals surface area contributed by atoms with Crippen molar-refractivity contribution in [3.8, 4) is 17.1 Å². The van der Waals surface area contributed by atoms with E-state index in [4.69, 9.17) is 9.26 Å². The number of nitrogens with zero attached hydrogens (tertiary/aromatic N) is 5. The second-order valence-electron chi connectivity index (χ2n) is 6.47. The maximum absolute atomic E-state index is 12.6. The number of methoxy groups -OCH3 is 1. The summed E-state index contributed by atoms with van der Waals surface area (Å²) in [5.41, 5.74) is 0.812. The number of anilines is 1. The molecule has 0 bridgehead atoms. The molecule has 0 N–H and O–H groups in total. The fourth-order valence-corrected chi connectivity index (χ4v) is 3.15. The van der Waals surface area contributed by atoms with Crippen LogP contribution in [-0.4, -0.2) is 59.2 Å². The van der Waals surface area contributed by atoms with Crippen LogP contribution >= 0.6 is 0 Å². The minimum atomic E-state index is -0.00870. The van der Waals surface area contributed by atoms with Crippen LogP contribution in [0.2, 0.25) is 0 Å². The number of amides is 1. The van der Waals surface area contributed by atoms with E-state index in [0.29, 0.717) is 24.8 Å². The van der Waals surface area contributed by atoms with Crippen LogP contribution in [0.25, 0.3) is 11.4 Å². The molecule has 144 valence electrons. The van der Waals surface area contributed by atoms with Gasteiger partial charge in [-0.2, -0.15) is 4.98 Å². The smallest absolute Gasteiger partial charge is 0.236 e. The van der Waals surface area contributed by atoms with Crippen LogP contribution in [0, 0.1) is 0 Å². The van der Waals surface area contributed by atoms with Crippen molar-refractivity contribution in [2.45, 2.75) is 6.42 Å². The number of rotatable bonds is 5. The summed E-state index contributed by atoms with van der Waals surface area (Å²) in [4.78, 5) is 25.3. The lowest BCUT2D eigenvalue weighted by atomic mass is 10.2. The van der Waals surface area contributed by atoms with Crippen LogP contribution < -0.4 is 9.64 Å². The molecule has 4 rings (SSSR count). The Morgan fingerprint density at radius 1 is 1.11 bits per heavy atom. The summed E-state index contributed by atoms with van der Waals surface area (Å²) in [6.07, 6.45) is 1.88. The minimum absolute atomic E-state index is 0.00870. The molecule has 8 heteroatoms. The predicted octanol–water partition coefficient (Wildman–Crippen LogP) is 2.03. The molecular formula is C20H21N5O3. The summed E-state index contributed by atoms with van der Waals surface area (Å²) < 4.78 is 10.4. The Balaban J connectivity index is 1.34. The summed E-state index contributed by atoms with van der Waals surface area (Å²) in [6, 6.07) is 13.2. The highest BCUT2D eigenvalue weighted by atomic mass is 16.5. The van der Waals surface area contributed by atoms with Crippen LogP contribution in [0.4, 0.5) is 5.82 Å². The summed E-state index contributed by atoms with van der Waals surface area (Å²) in [6.45, 7) is 2.80. The third kappa shape index (κ3) is 3.95. The maximum atomic E-state index is 12.6. The number of hydrogen-bond acceptors (Lipinski definition) is 7. The quantitative estimate of drug-likeness (QED) is 0.670. The normalized spacial score (nSPS) is 14.2. The van der Waals surface area contributed by atoms with Crippen molar-refractivity contribution in [3.63, 3.8) is 0 Å². The van der Waals surface area contributed by atoms with Crippen LogP contribution in [-0.2, 0) is 11.2 Å². The molecular weight excluding hydrogens is 358 g/mol. The Labute approximate surface area is 162 Å². The lowest BCUT2D eigenvalue weighted by molar-refractivity contribution is -0.131. The van der Waals surface area contributed by atoms with Gasteiger partial charge in [0, 0.05) is 37.9 Å². The van der Waals surface area contributed by atoms with Gasteiger partial charge < -0.3 is 19.1 Å². The largest absolute Gasteiger partial charge is 0.497 e. The van der Waals surface area contributed by atoms with E-state index >= 15 is 0 Å². The van der Waals surface area contributed by atoms with Gasteiger partial charge in [-0.25, -0.2) is 4.98 Å². The fraction of sp³-hybridized carbons (Fsp3) is 0.300. The Kier molecular flexibility index (Phi) is 5.18. The average molecular weight is 379 g/mol. The Morgan fingerprint density at radius 3 is 2.57 bits per heavy atom. The molecule has 8 nitrogen and oxygen atoms in total. The van der Waals surface area contributed by atoms with E-state index in [-0.39, 0.29) is 12.3 Å². The van der Waals surface area contributed by atoms with Crippen molar-refractivity contribution >= 4 is 11.7 Å². The number of hydrogen-bond donors (Lipinski definition) is 0. The summed E-state index contributed by atoms with van der Waals surface area (Å²) in [7, 11) is 1.61. The zero-order valence-corrected chi connectivity index (χ0v) is 15.6. The van der Waals surface area contributed by atoms with E-state index in [1.54, 1.807) is 13.3 Å². The molecule has 1 aliphatic heterocycles. The lowest BCUT2D eigenvalue weighted by Gasteiger charge is -2.35. The van der Waals surface area contributed by atoms with Gasteiger partial charge in [0.1, 0.15) is 18.0 Å². The average Bonchev–Trinajstić information content (AvgIpc) is 3.23. The van der Waals surface area contributed by atoms with Gasteiger partial charge in [0.25, 0.3) is 0 Å². The van der Waals surface area contributed by atoms with Gasteiger partial charge in [0.15, 0.2) is 0 Å². The van der Waals surface area contributed by atoms with Gasteiger partial charge in [0.2, 0.25) is 17.6 Å². The molecule has 0 unspecified atom stereocenters. The molecule has 1 aromatic carbocycles. The van der Waals surface area contributed by atoms with Crippen molar-refractivity contribution in [2.75, 3.05) is 38.2 Å². The van der Waals surface area contributed by atoms with Gasteiger partial charge in [-0.3, -0.25) is 4.79 Å². The molecule has 3 aromatic rings. The SMILES string of the molecule is COc1ccc(-c2noc(CC(=O)N3CCN(c4ccccn4)CC3)n2)cc1. The second-order valence-corrected chi connectivity index (χ2v) is 6.47. The maximum Gasteiger partial charge on any atom is 0.236 e. The first-order chi connectivity index (χ1) is 13.7. The molecule has 0 radical (unpaired) electrons. The van der Waals surface area contributed by atoms with Crippen LogP contribution in [0.5, 0.6) is 5.75 Å². The number of carbonyl (C=O) groups excluding carboxylic acids is 1. The first kappa shape index (κ1) is 18.0. The summed E-state index contributed by atoms with van der Waals surface area (Å²) >= 11 is 0. The fourth-order valence-electron chi connectivity index (χ4n) is 3.15. The molecule has 1 fully saturated rings. The molecule has 0 saturated carbocycles.